The number of hydrogen-bond acceptors (Lipinski definition) is 6. The molecule has 0 amide bonds. The molecular formula is C23H15FN8O. The lowest BCUT2D eigenvalue weighted by molar-refractivity contribution is 0.581. The Kier molecular flexibility index (Phi) is 4.12. The Labute approximate surface area is 185 Å². The topological polar surface area (TPSA) is 129 Å². The van der Waals surface area contributed by atoms with E-state index in [2.05, 4.69) is 30.2 Å². The van der Waals surface area contributed by atoms with Gasteiger partial charge in [-0.15, -0.1) is 0 Å². The lowest BCUT2D eigenvalue weighted by Gasteiger charge is -2.25. The number of nitrogens with zero attached hydrogens (tertiary/aromatic N) is 5. The molecule has 9 nitrogen and oxygen atoms in total. The molecule has 3 N–H and O–H groups in total. The number of fused-ring (bicyclic) bond motifs is 2. The largest absolute Gasteiger partial charge is 0.306 e. The van der Waals surface area contributed by atoms with E-state index in [1.54, 1.807) is 36.8 Å². The number of rotatable bonds is 3. The number of aromatic amines is 2. The zero-order valence-electron chi connectivity index (χ0n) is 17.0. The van der Waals surface area contributed by atoms with Gasteiger partial charge in [-0.05, 0) is 29.8 Å². The van der Waals surface area contributed by atoms with Crippen LogP contribution in [0.1, 0.15) is 22.9 Å². The van der Waals surface area contributed by atoms with Crippen molar-refractivity contribution in [1.82, 2.24) is 34.9 Å². The molecule has 0 radical (unpaired) electrons. The highest BCUT2D eigenvalue weighted by molar-refractivity contribution is 6.33. The molecule has 10 heteroatoms. The van der Waals surface area contributed by atoms with Gasteiger partial charge in [0.2, 0.25) is 0 Å². The van der Waals surface area contributed by atoms with Crippen molar-refractivity contribution in [2.24, 2.45) is 0 Å². The second-order valence-corrected chi connectivity index (χ2v) is 7.59. The van der Waals surface area contributed by atoms with E-state index in [0.29, 0.717) is 22.7 Å². The van der Waals surface area contributed by atoms with Gasteiger partial charge in [0.25, 0.3) is 5.56 Å². The van der Waals surface area contributed by atoms with Crippen LogP contribution in [-0.4, -0.2) is 40.6 Å². The van der Waals surface area contributed by atoms with Crippen molar-refractivity contribution in [2.45, 2.75) is 6.04 Å². The van der Waals surface area contributed by atoms with Crippen LogP contribution in [0.4, 0.5) is 4.39 Å². The standard InChI is InChI=1S/C23H15FN8O/c24-13-9-28-32(11-13)18-7-15(14-4-1-5-17-16(14)10-27-31-17)20(25)19-21(18)29-22(30-23(19)33)12-3-2-6-26-8-12/h1-11,18,25H,(H,27,31)(H,29,30,33). The van der Waals surface area contributed by atoms with Crippen LogP contribution in [0.5, 0.6) is 0 Å². The minimum absolute atomic E-state index is 0.0223. The van der Waals surface area contributed by atoms with Crippen molar-refractivity contribution in [3.05, 3.63) is 100 Å². The minimum Gasteiger partial charge on any atom is -0.306 e. The molecule has 33 heavy (non-hydrogen) atoms. The van der Waals surface area contributed by atoms with Gasteiger partial charge in [-0.3, -0.25) is 25.0 Å². The summed E-state index contributed by atoms with van der Waals surface area (Å²) in [5.74, 6) is -0.201. The van der Waals surface area contributed by atoms with E-state index < -0.39 is 17.4 Å². The van der Waals surface area contributed by atoms with Gasteiger partial charge in [0.15, 0.2) is 5.82 Å². The number of benzene rings is 1. The predicted octanol–water partition coefficient (Wildman–Crippen LogP) is 3.10. The van der Waals surface area contributed by atoms with E-state index in [0.717, 1.165) is 22.7 Å². The number of aromatic nitrogens is 7. The number of allylic oxidation sites excluding steroid dienone is 2. The lowest BCUT2D eigenvalue weighted by atomic mass is 9.86. The molecule has 1 unspecified atom stereocenters. The van der Waals surface area contributed by atoms with Crippen LogP contribution in [-0.2, 0) is 0 Å². The van der Waals surface area contributed by atoms with Gasteiger partial charge < -0.3 is 4.98 Å². The highest BCUT2D eigenvalue weighted by atomic mass is 19.1. The molecule has 4 aromatic heterocycles. The fraction of sp³-hybridized carbons (Fsp3) is 0.0435. The summed E-state index contributed by atoms with van der Waals surface area (Å²) in [6.45, 7) is 0. The molecule has 0 saturated carbocycles. The molecule has 5 aromatic rings. The molecule has 6 rings (SSSR count). The number of halogens is 1. The zero-order valence-corrected chi connectivity index (χ0v) is 17.0. The molecule has 1 aliphatic rings. The van der Waals surface area contributed by atoms with E-state index in [9.17, 15) is 9.18 Å². The molecular weight excluding hydrogens is 423 g/mol. The summed E-state index contributed by atoms with van der Waals surface area (Å²) in [7, 11) is 0. The normalized spacial score (nSPS) is 15.5. The van der Waals surface area contributed by atoms with E-state index in [1.807, 2.05) is 18.2 Å². The summed E-state index contributed by atoms with van der Waals surface area (Å²) in [6, 6.07) is 8.39. The van der Waals surface area contributed by atoms with Crippen LogP contribution < -0.4 is 5.56 Å². The Morgan fingerprint density at radius 3 is 2.82 bits per heavy atom. The lowest BCUT2D eigenvalue weighted by Crippen LogP contribution is -2.30. The van der Waals surface area contributed by atoms with E-state index in [1.165, 1.54) is 10.9 Å². The van der Waals surface area contributed by atoms with Crippen molar-refractivity contribution in [3.8, 4) is 11.4 Å². The quantitative estimate of drug-likeness (QED) is 0.399. The van der Waals surface area contributed by atoms with Crippen molar-refractivity contribution in [1.29, 1.82) is 5.41 Å². The Bertz CT molecular complexity index is 1630. The van der Waals surface area contributed by atoms with Crippen LogP contribution >= 0.6 is 0 Å². The maximum atomic E-state index is 13.9. The molecule has 1 atom stereocenters. The summed E-state index contributed by atoms with van der Waals surface area (Å²) >= 11 is 0. The van der Waals surface area contributed by atoms with Gasteiger partial charge in [0.1, 0.15) is 11.9 Å². The first-order chi connectivity index (χ1) is 16.1. The summed E-state index contributed by atoms with van der Waals surface area (Å²) in [4.78, 5) is 24.7. The smallest absolute Gasteiger partial charge is 0.260 e. The molecule has 1 aliphatic carbocycles. The summed E-state index contributed by atoms with van der Waals surface area (Å²) in [6.07, 6.45) is 8.99. The Hall–Kier alpha value is -4.73. The highest BCUT2D eigenvalue weighted by Crippen LogP contribution is 2.35. The highest BCUT2D eigenvalue weighted by Gasteiger charge is 2.32. The first-order valence-electron chi connectivity index (χ1n) is 10.1. The number of hydrogen-bond donors (Lipinski definition) is 3. The van der Waals surface area contributed by atoms with Crippen molar-refractivity contribution < 1.29 is 4.39 Å². The van der Waals surface area contributed by atoms with Crippen LogP contribution in [0.25, 0.3) is 27.9 Å². The Balaban J connectivity index is 1.61. The van der Waals surface area contributed by atoms with Crippen molar-refractivity contribution >= 4 is 22.2 Å². The van der Waals surface area contributed by atoms with Crippen LogP contribution in [0.2, 0.25) is 0 Å². The second kappa shape index (κ2) is 7.16. The summed E-state index contributed by atoms with van der Waals surface area (Å²) in [5, 5.41) is 20.8. The summed E-state index contributed by atoms with van der Waals surface area (Å²) < 4.78 is 15.3. The van der Waals surface area contributed by atoms with Crippen LogP contribution in [0, 0.1) is 11.2 Å². The fourth-order valence-corrected chi connectivity index (χ4v) is 4.14. The van der Waals surface area contributed by atoms with Crippen molar-refractivity contribution in [3.63, 3.8) is 0 Å². The average molecular weight is 438 g/mol. The number of pyridine rings is 1. The molecule has 160 valence electrons. The van der Waals surface area contributed by atoms with E-state index in [4.69, 9.17) is 5.41 Å². The molecule has 0 saturated heterocycles. The van der Waals surface area contributed by atoms with Gasteiger partial charge in [0, 0.05) is 28.9 Å². The van der Waals surface area contributed by atoms with E-state index >= 15 is 0 Å². The van der Waals surface area contributed by atoms with E-state index in [-0.39, 0.29) is 11.3 Å². The van der Waals surface area contributed by atoms with Gasteiger partial charge in [-0.25, -0.2) is 9.37 Å². The Morgan fingerprint density at radius 1 is 1.12 bits per heavy atom. The average Bonchev–Trinajstić information content (AvgIpc) is 3.48. The second-order valence-electron chi connectivity index (χ2n) is 7.59. The molecule has 4 heterocycles. The fourth-order valence-electron chi connectivity index (χ4n) is 4.14. The molecule has 0 fully saturated rings. The SMILES string of the molecule is N=C1C(c2cccc3[nH]ncc23)=CC(n2cc(F)cn2)c2nc(-c3cccnc3)[nH]c(=O)c21. The zero-order chi connectivity index (χ0) is 22.5. The number of H-pyrrole nitrogens is 2. The molecule has 0 aliphatic heterocycles. The molecule has 1 aromatic carbocycles. The third-order valence-corrected chi connectivity index (χ3v) is 5.64. The van der Waals surface area contributed by atoms with Gasteiger partial charge in [-0.1, -0.05) is 12.1 Å². The third kappa shape index (κ3) is 2.99. The first-order valence-corrected chi connectivity index (χ1v) is 10.1. The van der Waals surface area contributed by atoms with Crippen LogP contribution in [0.3, 0.4) is 0 Å². The van der Waals surface area contributed by atoms with Gasteiger partial charge in [0.05, 0.1) is 41.1 Å². The summed E-state index contributed by atoms with van der Waals surface area (Å²) in [5.41, 5.74) is 2.64. The monoisotopic (exact) mass is 438 g/mol. The maximum absolute atomic E-state index is 13.9. The van der Waals surface area contributed by atoms with Gasteiger partial charge in [-0.2, -0.15) is 10.2 Å². The number of nitrogens with one attached hydrogen (secondary N) is 3. The molecule has 0 bridgehead atoms. The maximum Gasteiger partial charge on any atom is 0.260 e. The van der Waals surface area contributed by atoms with Gasteiger partial charge >= 0.3 is 0 Å². The molecule has 0 spiro atoms. The third-order valence-electron chi connectivity index (χ3n) is 5.64. The minimum atomic E-state index is -0.700. The Morgan fingerprint density at radius 2 is 2.03 bits per heavy atom. The van der Waals surface area contributed by atoms with Crippen LogP contribution in [0.15, 0.2) is 72.2 Å². The first kappa shape index (κ1) is 19.0. The van der Waals surface area contributed by atoms with Crippen molar-refractivity contribution in [2.75, 3.05) is 0 Å². The predicted molar refractivity (Wildman–Crippen MR) is 119 cm³/mol.